The molecule has 0 radical (unpaired) electrons. The van der Waals surface area contributed by atoms with Gasteiger partial charge >= 0.3 is 0 Å². The van der Waals surface area contributed by atoms with Crippen LogP contribution in [-0.2, 0) is 6.42 Å². The van der Waals surface area contributed by atoms with E-state index in [1.165, 1.54) is 11.3 Å². The molecule has 1 aliphatic heterocycles. The number of methoxy groups -OCH3 is 3. The summed E-state index contributed by atoms with van der Waals surface area (Å²) in [5, 5.41) is 21.8. The molecule has 0 saturated heterocycles. The molecule has 0 saturated carbocycles. The number of hydrogen-bond donors (Lipinski definition) is 2. The van der Waals surface area contributed by atoms with Gasteiger partial charge < -0.3 is 24.2 Å². The molecule has 2 heterocycles. The molecular formula is C24H25N3O4S. The second-order valence-corrected chi connectivity index (χ2v) is 8.16. The van der Waals surface area contributed by atoms with Crippen LogP contribution < -0.4 is 14.2 Å². The van der Waals surface area contributed by atoms with E-state index < -0.39 is 0 Å². The standard InChI is InChI=1S/C24H25N3O4S/c1-29-17-7-5-16(6-8-17)18-14-32-24(26-18)22-19(28)13-27(23(22)25)11-10-15-4-9-20(30-2)21(12-15)31-3/h4-9,12,14,25,28H,10-11,13H2,1-3H3. The van der Waals surface area contributed by atoms with E-state index in [0.29, 0.717) is 47.4 Å². The fraction of sp³-hybridized carbons (Fsp3) is 0.250. The van der Waals surface area contributed by atoms with Gasteiger partial charge in [0.1, 0.15) is 22.4 Å². The van der Waals surface area contributed by atoms with Gasteiger partial charge in [0, 0.05) is 17.5 Å². The summed E-state index contributed by atoms with van der Waals surface area (Å²) < 4.78 is 15.9. The van der Waals surface area contributed by atoms with Crippen LogP contribution in [0.2, 0.25) is 0 Å². The van der Waals surface area contributed by atoms with Crippen molar-refractivity contribution in [3.63, 3.8) is 0 Å². The van der Waals surface area contributed by atoms with Gasteiger partial charge in [0.2, 0.25) is 0 Å². The molecule has 0 amide bonds. The van der Waals surface area contributed by atoms with Crippen molar-refractivity contribution < 1.29 is 19.3 Å². The molecule has 7 nitrogen and oxygen atoms in total. The zero-order chi connectivity index (χ0) is 22.7. The Labute approximate surface area is 191 Å². The molecule has 8 heteroatoms. The van der Waals surface area contributed by atoms with Gasteiger partial charge in [-0.3, -0.25) is 5.41 Å². The molecule has 2 N–H and O–H groups in total. The summed E-state index contributed by atoms with van der Waals surface area (Å²) in [5.74, 6) is 2.61. The van der Waals surface area contributed by atoms with E-state index in [4.69, 9.17) is 19.6 Å². The van der Waals surface area contributed by atoms with Gasteiger partial charge in [-0.15, -0.1) is 11.3 Å². The number of nitrogens with one attached hydrogen (secondary N) is 1. The summed E-state index contributed by atoms with van der Waals surface area (Å²) in [6, 6.07) is 13.5. The topological polar surface area (TPSA) is 87.9 Å². The SMILES string of the molecule is COc1ccc(-c2csc(C3=C(O)CN(CCc4ccc(OC)c(OC)c4)C3=N)n2)cc1. The number of benzene rings is 2. The summed E-state index contributed by atoms with van der Waals surface area (Å²) in [7, 11) is 4.85. The van der Waals surface area contributed by atoms with Gasteiger partial charge in [-0.05, 0) is 48.4 Å². The molecule has 1 aromatic heterocycles. The van der Waals surface area contributed by atoms with Crippen LogP contribution >= 0.6 is 11.3 Å². The highest BCUT2D eigenvalue weighted by Gasteiger charge is 2.30. The van der Waals surface area contributed by atoms with E-state index in [-0.39, 0.29) is 5.76 Å². The van der Waals surface area contributed by atoms with Crippen LogP contribution in [0, 0.1) is 5.41 Å². The van der Waals surface area contributed by atoms with Crippen molar-refractivity contribution in [2.75, 3.05) is 34.4 Å². The monoisotopic (exact) mass is 451 g/mol. The molecule has 166 valence electrons. The molecule has 1 aliphatic rings. The fourth-order valence-electron chi connectivity index (χ4n) is 3.63. The smallest absolute Gasteiger partial charge is 0.160 e. The summed E-state index contributed by atoms with van der Waals surface area (Å²) in [6.45, 7) is 0.900. The number of amidine groups is 1. The Morgan fingerprint density at radius 2 is 1.78 bits per heavy atom. The molecule has 0 atom stereocenters. The number of ether oxygens (including phenoxy) is 3. The van der Waals surface area contributed by atoms with Crippen LogP contribution in [0.4, 0.5) is 0 Å². The molecule has 0 spiro atoms. The third kappa shape index (κ3) is 4.27. The van der Waals surface area contributed by atoms with Gasteiger partial charge in [-0.2, -0.15) is 0 Å². The maximum atomic E-state index is 10.6. The molecule has 0 bridgehead atoms. The van der Waals surface area contributed by atoms with E-state index in [2.05, 4.69) is 4.98 Å². The van der Waals surface area contributed by atoms with Crippen LogP contribution in [0.1, 0.15) is 10.6 Å². The highest BCUT2D eigenvalue weighted by atomic mass is 32.1. The molecule has 3 aromatic rings. The van der Waals surface area contributed by atoms with Crippen LogP contribution in [0.5, 0.6) is 17.2 Å². The lowest BCUT2D eigenvalue weighted by atomic mass is 10.1. The van der Waals surface area contributed by atoms with Crippen molar-refractivity contribution in [2.24, 2.45) is 0 Å². The van der Waals surface area contributed by atoms with E-state index in [9.17, 15) is 5.11 Å². The Bertz CT molecular complexity index is 1150. The fourth-order valence-corrected chi connectivity index (χ4v) is 4.53. The lowest BCUT2D eigenvalue weighted by molar-refractivity contribution is 0.349. The Morgan fingerprint density at radius 1 is 1.03 bits per heavy atom. The lowest BCUT2D eigenvalue weighted by Crippen LogP contribution is -2.28. The minimum Gasteiger partial charge on any atom is -0.510 e. The molecule has 32 heavy (non-hydrogen) atoms. The largest absolute Gasteiger partial charge is 0.510 e. The Hall–Kier alpha value is -3.52. The van der Waals surface area contributed by atoms with E-state index >= 15 is 0 Å². The summed E-state index contributed by atoms with van der Waals surface area (Å²) in [5.41, 5.74) is 3.34. The molecule has 0 unspecified atom stereocenters. The number of hydrogen-bond acceptors (Lipinski definition) is 7. The van der Waals surface area contributed by atoms with Crippen LogP contribution in [0.3, 0.4) is 0 Å². The first-order chi connectivity index (χ1) is 15.5. The number of thiazole rings is 1. The van der Waals surface area contributed by atoms with Gasteiger partial charge in [-0.25, -0.2) is 4.98 Å². The van der Waals surface area contributed by atoms with Gasteiger partial charge in [0.25, 0.3) is 0 Å². The van der Waals surface area contributed by atoms with Crippen molar-refractivity contribution in [3.05, 3.63) is 64.2 Å². The maximum absolute atomic E-state index is 10.6. The third-order valence-corrected chi connectivity index (χ3v) is 6.26. The number of aliphatic hydroxyl groups excluding tert-OH is 1. The minimum atomic E-state index is 0.179. The van der Waals surface area contributed by atoms with Crippen LogP contribution in [0.15, 0.2) is 53.6 Å². The zero-order valence-electron chi connectivity index (χ0n) is 18.2. The third-order valence-electron chi connectivity index (χ3n) is 5.40. The van der Waals surface area contributed by atoms with Crippen molar-refractivity contribution >= 4 is 22.7 Å². The summed E-state index contributed by atoms with van der Waals surface area (Å²) in [4.78, 5) is 6.53. The van der Waals surface area contributed by atoms with Gasteiger partial charge in [0.05, 0.1) is 39.1 Å². The highest BCUT2D eigenvalue weighted by molar-refractivity contribution is 7.11. The zero-order valence-corrected chi connectivity index (χ0v) is 19.0. The van der Waals surface area contributed by atoms with Crippen molar-refractivity contribution in [2.45, 2.75) is 6.42 Å². The quantitative estimate of drug-likeness (QED) is 0.519. The molecule has 4 rings (SSSR count). The summed E-state index contributed by atoms with van der Waals surface area (Å²) in [6.07, 6.45) is 0.707. The molecule has 0 aliphatic carbocycles. The lowest BCUT2D eigenvalue weighted by Gasteiger charge is -2.18. The minimum absolute atomic E-state index is 0.179. The first-order valence-corrected chi connectivity index (χ1v) is 11.0. The number of aromatic nitrogens is 1. The Balaban J connectivity index is 1.45. The first kappa shape index (κ1) is 21.7. The Kier molecular flexibility index (Phi) is 6.32. The predicted octanol–water partition coefficient (Wildman–Crippen LogP) is 4.64. The number of rotatable bonds is 8. The van der Waals surface area contributed by atoms with Crippen LogP contribution in [0.25, 0.3) is 16.8 Å². The van der Waals surface area contributed by atoms with Gasteiger partial charge in [0.15, 0.2) is 11.5 Å². The van der Waals surface area contributed by atoms with Crippen molar-refractivity contribution in [3.8, 4) is 28.5 Å². The second kappa shape index (κ2) is 9.32. The molecule has 2 aromatic carbocycles. The molecular weight excluding hydrogens is 426 g/mol. The normalized spacial score (nSPS) is 13.6. The summed E-state index contributed by atoms with van der Waals surface area (Å²) >= 11 is 1.43. The number of aliphatic hydroxyl groups is 1. The van der Waals surface area contributed by atoms with E-state index in [1.807, 2.05) is 52.7 Å². The average molecular weight is 452 g/mol. The van der Waals surface area contributed by atoms with Crippen LogP contribution in [-0.4, -0.2) is 55.2 Å². The maximum Gasteiger partial charge on any atom is 0.160 e. The first-order valence-electron chi connectivity index (χ1n) is 10.1. The number of nitrogens with zero attached hydrogens (tertiary/aromatic N) is 2. The second-order valence-electron chi connectivity index (χ2n) is 7.30. The van der Waals surface area contributed by atoms with Gasteiger partial charge in [-0.1, -0.05) is 6.07 Å². The molecule has 0 fully saturated rings. The average Bonchev–Trinajstić information content (AvgIpc) is 3.41. The Morgan fingerprint density at radius 3 is 2.47 bits per heavy atom. The van der Waals surface area contributed by atoms with E-state index in [0.717, 1.165) is 22.6 Å². The van der Waals surface area contributed by atoms with Crippen molar-refractivity contribution in [1.29, 1.82) is 5.41 Å². The van der Waals surface area contributed by atoms with E-state index in [1.54, 1.807) is 21.3 Å². The predicted molar refractivity (Wildman–Crippen MR) is 126 cm³/mol. The highest BCUT2D eigenvalue weighted by Crippen LogP contribution is 2.33. The van der Waals surface area contributed by atoms with Crippen molar-refractivity contribution in [1.82, 2.24) is 9.88 Å².